The zero-order valence-corrected chi connectivity index (χ0v) is 9.77. The number of nitrogens with zero attached hydrogens (tertiary/aromatic N) is 2. The van der Waals surface area contributed by atoms with Crippen LogP contribution < -0.4 is 0 Å². The first-order chi connectivity index (χ1) is 8.80. The van der Waals surface area contributed by atoms with Gasteiger partial charge in [0.05, 0.1) is 23.1 Å². The van der Waals surface area contributed by atoms with Crippen LogP contribution in [0.4, 0.5) is 13.2 Å². The Bertz CT molecular complexity index is 632. The average molecular weight is 270 g/mol. The first kappa shape index (κ1) is 13.1. The summed E-state index contributed by atoms with van der Waals surface area (Å²) in [5.74, 6) is -1.17. The number of rotatable bonds is 2. The quantitative estimate of drug-likeness (QED) is 0.912. The summed E-state index contributed by atoms with van der Waals surface area (Å²) in [5, 5.41) is 12.7. The number of hydrogen-bond acceptors (Lipinski definition) is 2. The van der Waals surface area contributed by atoms with Crippen molar-refractivity contribution < 1.29 is 23.1 Å². The van der Waals surface area contributed by atoms with Crippen LogP contribution in [0.5, 0.6) is 0 Å². The zero-order valence-electron chi connectivity index (χ0n) is 9.77. The number of benzene rings is 1. The number of carboxylic acid groups (broad SMARTS) is 1. The molecule has 7 heteroatoms. The van der Waals surface area contributed by atoms with E-state index in [1.54, 1.807) is 0 Å². The number of aromatic carboxylic acids is 1. The molecule has 0 aliphatic carbocycles. The standard InChI is InChI=1S/C12H9F3N2O2/c1-7-10(11(18)19)6-16-17(7)9-4-2-3-8(5-9)12(13,14)15/h2-6H,1H3,(H,18,19). The third kappa shape index (κ3) is 2.44. The molecule has 0 atom stereocenters. The van der Waals surface area contributed by atoms with Crippen LogP contribution in [-0.4, -0.2) is 20.9 Å². The highest BCUT2D eigenvalue weighted by atomic mass is 19.4. The maximum atomic E-state index is 12.6. The van der Waals surface area contributed by atoms with E-state index < -0.39 is 17.7 Å². The van der Waals surface area contributed by atoms with Gasteiger partial charge in [-0.05, 0) is 25.1 Å². The summed E-state index contributed by atoms with van der Waals surface area (Å²) >= 11 is 0. The van der Waals surface area contributed by atoms with E-state index in [1.165, 1.54) is 23.7 Å². The van der Waals surface area contributed by atoms with Gasteiger partial charge in [0.25, 0.3) is 0 Å². The van der Waals surface area contributed by atoms with Gasteiger partial charge in [0.1, 0.15) is 5.56 Å². The minimum absolute atomic E-state index is 0.0441. The highest BCUT2D eigenvalue weighted by Crippen LogP contribution is 2.30. The Kier molecular flexibility index (Phi) is 3.05. The lowest BCUT2D eigenvalue weighted by molar-refractivity contribution is -0.137. The molecule has 0 unspecified atom stereocenters. The molecule has 1 aromatic heterocycles. The number of carbonyl (C=O) groups is 1. The van der Waals surface area contributed by atoms with Crippen molar-refractivity contribution in [2.75, 3.05) is 0 Å². The van der Waals surface area contributed by atoms with Gasteiger partial charge < -0.3 is 5.11 Å². The molecular weight excluding hydrogens is 261 g/mol. The number of hydrogen-bond donors (Lipinski definition) is 1. The Morgan fingerprint density at radius 2 is 2.05 bits per heavy atom. The smallest absolute Gasteiger partial charge is 0.416 e. The van der Waals surface area contributed by atoms with Crippen molar-refractivity contribution in [3.63, 3.8) is 0 Å². The highest BCUT2D eigenvalue weighted by molar-refractivity contribution is 5.88. The van der Waals surface area contributed by atoms with Gasteiger partial charge in [0, 0.05) is 0 Å². The number of halogens is 3. The van der Waals surface area contributed by atoms with Gasteiger partial charge in [-0.25, -0.2) is 9.48 Å². The lowest BCUT2D eigenvalue weighted by atomic mass is 10.2. The van der Waals surface area contributed by atoms with Gasteiger partial charge in [-0.2, -0.15) is 18.3 Å². The normalized spacial score (nSPS) is 11.6. The van der Waals surface area contributed by atoms with Crippen molar-refractivity contribution in [1.82, 2.24) is 9.78 Å². The third-order valence-corrected chi connectivity index (χ3v) is 2.66. The molecule has 0 aliphatic heterocycles. The molecule has 0 aliphatic rings. The SMILES string of the molecule is Cc1c(C(=O)O)cnn1-c1cccc(C(F)(F)F)c1. The third-order valence-electron chi connectivity index (χ3n) is 2.66. The van der Waals surface area contributed by atoms with Gasteiger partial charge >= 0.3 is 12.1 Å². The maximum Gasteiger partial charge on any atom is 0.416 e. The van der Waals surface area contributed by atoms with Crippen molar-refractivity contribution in [2.24, 2.45) is 0 Å². The average Bonchev–Trinajstić information content (AvgIpc) is 2.70. The van der Waals surface area contributed by atoms with E-state index in [2.05, 4.69) is 5.10 Å². The van der Waals surface area contributed by atoms with E-state index in [1.807, 2.05) is 0 Å². The summed E-state index contributed by atoms with van der Waals surface area (Å²) in [6.45, 7) is 1.48. The summed E-state index contributed by atoms with van der Waals surface area (Å²) in [4.78, 5) is 10.9. The molecular formula is C12H9F3N2O2. The summed E-state index contributed by atoms with van der Waals surface area (Å²) in [6, 6.07) is 4.55. The molecule has 19 heavy (non-hydrogen) atoms. The van der Waals surface area contributed by atoms with E-state index in [-0.39, 0.29) is 16.9 Å². The van der Waals surface area contributed by atoms with E-state index in [4.69, 9.17) is 5.11 Å². The van der Waals surface area contributed by atoms with Crippen LogP contribution in [0.15, 0.2) is 30.5 Å². The fourth-order valence-corrected chi connectivity index (χ4v) is 1.69. The second kappa shape index (κ2) is 4.42. The predicted octanol–water partition coefficient (Wildman–Crippen LogP) is 2.90. The summed E-state index contributed by atoms with van der Waals surface area (Å²) in [6.07, 6.45) is -3.34. The zero-order chi connectivity index (χ0) is 14.2. The Balaban J connectivity index is 2.51. The molecule has 1 heterocycles. The van der Waals surface area contributed by atoms with Crippen LogP contribution in [0.2, 0.25) is 0 Å². The lowest BCUT2D eigenvalue weighted by Crippen LogP contribution is -2.07. The maximum absolute atomic E-state index is 12.6. The van der Waals surface area contributed by atoms with Gasteiger partial charge in [-0.1, -0.05) is 6.07 Å². The number of aromatic nitrogens is 2. The van der Waals surface area contributed by atoms with Gasteiger partial charge in [-0.3, -0.25) is 0 Å². The predicted molar refractivity (Wildman–Crippen MR) is 60.3 cm³/mol. The van der Waals surface area contributed by atoms with E-state index >= 15 is 0 Å². The fourth-order valence-electron chi connectivity index (χ4n) is 1.69. The minimum Gasteiger partial charge on any atom is -0.478 e. The number of alkyl halides is 3. The first-order valence-electron chi connectivity index (χ1n) is 5.26. The van der Waals surface area contributed by atoms with E-state index in [0.717, 1.165) is 18.3 Å². The molecule has 0 radical (unpaired) electrons. The van der Waals surface area contributed by atoms with Crippen molar-refractivity contribution in [2.45, 2.75) is 13.1 Å². The fraction of sp³-hybridized carbons (Fsp3) is 0.167. The largest absolute Gasteiger partial charge is 0.478 e. The monoisotopic (exact) mass is 270 g/mol. The van der Waals surface area contributed by atoms with Crippen LogP contribution in [0.1, 0.15) is 21.6 Å². The van der Waals surface area contributed by atoms with Crippen LogP contribution in [0.25, 0.3) is 5.69 Å². The molecule has 100 valence electrons. The molecule has 0 bridgehead atoms. The summed E-state index contributed by atoms with van der Waals surface area (Å²) in [5.41, 5.74) is -0.416. The molecule has 0 amide bonds. The Hall–Kier alpha value is -2.31. The highest BCUT2D eigenvalue weighted by Gasteiger charge is 2.30. The second-order valence-corrected chi connectivity index (χ2v) is 3.91. The van der Waals surface area contributed by atoms with Crippen LogP contribution in [-0.2, 0) is 6.18 Å². The molecule has 0 fully saturated rings. The lowest BCUT2D eigenvalue weighted by Gasteiger charge is -2.09. The topological polar surface area (TPSA) is 55.1 Å². The molecule has 0 saturated carbocycles. The van der Waals surface area contributed by atoms with Gasteiger partial charge in [0.15, 0.2) is 0 Å². The molecule has 0 saturated heterocycles. The molecule has 4 nitrogen and oxygen atoms in total. The minimum atomic E-state index is -4.45. The van der Waals surface area contributed by atoms with Gasteiger partial charge in [0.2, 0.25) is 0 Å². The Morgan fingerprint density at radius 1 is 1.37 bits per heavy atom. The van der Waals surface area contributed by atoms with Crippen molar-refractivity contribution in [3.8, 4) is 5.69 Å². The van der Waals surface area contributed by atoms with Crippen molar-refractivity contribution >= 4 is 5.97 Å². The molecule has 2 rings (SSSR count). The Morgan fingerprint density at radius 3 is 2.58 bits per heavy atom. The van der Waals surface area contributed by atoms with Gasteiger partial charge in [-0.15, -0.1) is 0 Å². The van der Waals surface area contributed by atoms with Crippen LogP contribution in [0, 0.1) is 6.92 Å². The Labute approximate surface area is 106 Å². The van der Waals surface area contributed by atoms with Crippen molar-refractivity contribution in [1.29, 1.82) is 0 Å². The van der Waals surface area contributed by atoms with Crippen LogP contribution in [0.3, 0.4) is 0 Å². The van der Waals surface area contributed by atoms with E-state index in [9.17, 15) is 18.0 Å². The number of carboxylic acids is 1. The second-order valence-electron chi connectivity index (χ2n) is 3.91. The van der Waals surface area contributed by atoms with Crippen molar-refractivity contribution in [3.05, 3.63) is 47.3 Å². The molecule has 0 spiro atoms. The van der Waals surface area contributed by atoms with E-state index in [0.29, 0.717) is 0 Å². The summed E-state index contributed by atoms with van der Waals surface area (Å²) in [7, 11) is 0. The van der Waals surface area contributed by atoms with Crippen LogP contribution >= 0.6 is 0 Å². The molecule has 2 aromatic rings. The first-order valence-corrected chi connectivity index (χ1v) is 5.26. The molecule has 1 aromatic carbocycles. The summed E-state index contributed by atoms with van der Waals surface area (Å²) < 4.78 is 38.9. The molecule has 1 N–H and O–H groups in total.